The number of nitriles is 1. The number of fused-ring (bicyclic) bond motifs is 3. The molecule has 3 nitrogen and oxygen atoms in total. The molecule has 0 bridgehead atoms. The van der Waals surface area contributed by atoms with E-state index in [0.717, 1.165) is 27.3 Å². The maximum Gasteiger partial charge on any atom is 0.209 e. The molecule has 25 heavy (non-hydrogen) atoms. The molecule has 4 aromatic rings. The first-order chi connectivity index (χ1) is 12.2. The molecule has 0 aliphatic rings. The van der Waals surface area contributed by atoms with Gasteiger partial charge in [0.25, 0.3) is 0 Å². The maximum atomic E-state index is 13.1. The molecule has 2 aromatic carbocycles. The Kier molecular flexibility index (Phi) is 3.87. The Labute approximate surface area is 153 Å². The molecule has 0 aliphatic heterocycles. The molecular formula is C21H13BrN2O. The third kappa shape index (κ3) is 2.54. The lowest BCUT2D eigenvalue weighted by atomic mass is 10.1. The van der Waals surface area contributed by atoms with Crippen molar-refractivity contribution in [1.82, 2.24) is 4.40 Å². The lowest BCUT2D eigenvalue weighted by molar-refractivity contribution is 0.103. The van der Waals surface area contributed by atoms with Gasteiger partial charge in [-0.2, -0.15) is 5.26 Å². The number of nitrogens with zero attached hydrogens (tertiary/aromatic N) is 2. The second-order valence-corrected chi connectivity index (χ2v) is 6.39. The van der Waals surface area contributed by atoms with Crippen LogP contribution in [0.2, 0.25) is 0 Å². The van der Waals surface area contributed by atoms with Crippen LogP contribution in [-0.4, -0.2) is 10.2 Å². The number of halogens is 1. The topological polar surface area (TPSA) is 45.3 Å². The van der Waals surface area contributed by atoms with Crippen LogP contribution in [0.3, 0.4) is 0 Å². The number of pyridine rings is 1. The number of rotatable bonds is 3. The number of para-hydroxylation sites is 1. The summed E-state index contributed by atoms with van der Waals surface area (Å²) in [4.78, 5) is 13.1. The fourth-order valence-corrected chi connectivity index (χ4v) is 3.47. The number of benzene rings is 2. The summed E-state index contributed by atoms with van der Waals surface area (Å²) in [5.74, 6) is -0.0889. The predicted octanol–water partition coefficient (Wildman–Crippen LogP) is 5.09. The first kappa shape index (κ1) is 15.6. The van der Waals surface area contributed by atoms with E-state index in [-0.39, 0.29) is 5.78 Å². The van der Waals surface area contributed by atoms with Crippen LogP contribution >= 0.6 is 15.9 Å². The lowest BCUT2D eigenvalue weighted by Crippen LogP contribution is -2.06. The average Bonchev–Trinajstić information content (AvgIpc) is 3.06. The van der Waals surface area contributed by atoms with E-state index in [0.29, 0.717) is 16.8 Å². The van der Waals surface area contributed by atoms with Crippen LogP contribution in [0.5, 0.6) is 0 Å². The number of carbonyl (C=O) groups is 1. The second kappa shape index (κ2) is 6.19. The van der Waals surface area contributed by atoms with Gasteiger partial charge in [-0.3, -0.25) is 4.79 Å². The number of hydrogen-bond acceptors (Lipinski definition) is 2. The molecule has 0 unspecified atom stereocenters. The summed E-state index contributed by atoms with van der Waals surface area (Å²) in [6, 6.07) is 23.1. The summed E-state index contributed by atoms with van der Waals surface area (Å²) in [6.07, 6.45) is 0. The molecule has 2 aromatic heterocycles. The van der Waals surface area contributed by atoms with Crippen LogP contribution in [0.15, 0.2) is 66.7 Å². The second-order valence-electron chi connectivity index (χ2n) is 5.83. The highest BCUT2D eigenvalue weighted by atomic mass is 79.9. The summed E-state index contributed by atoms with van der Waals surface area (Å²) in [5.41, 5.74) is 4.41. The monoisotopic (exact) mass is 388 g/mol. The molecule has 0 fully saturated rings. The summed E-state index contributed by atoms with van der Waals surface area (Å²) in [5, 5.41) is 11.2. The number of alkyl halides is 1. The summed E-state index contributed by atoms with van der Waals surface area (Å²) in [6.45, 7) is 0. The first-order valence-corrected chi connectivity index (χ1v) is 8.98. The van der Waals surface area contributed by atoms with Gasteiger partial charge in [0.05, 0.1) is 22.3 Å². The summed E-state index contributed by atoms with van der Waals surface area (Å²) < 4.78 is 1.88. The highest BCUT2D eigenvalue weighted by molar-refractivity contribution is 9.08. The van der Waals surface area contributed by atoms with Gasteiger partial charge < -0.3 is 4.40 Å². The standard InChI is InChI=1S/C21H13BrN2O/c22-12-14-5-7-16(8-6-14)21(25)20-11-17(13-23)19-10-9-15-3-1-2-4-18(15)24(19)20/h1-11H,12H2. The highest BCUT2D eigenvalue weighted by Gasteiger charge is 2.18. The molecule has 120 valence electrons. The predicted molar refractivity (Wildman–Crippen MR) is 102 cm³/mol. The Hall–Kier alpha value is -2.90. The van der Waals surface area contributed by atoms with Crippen LogP contribution in [0.4, 0.5) is 0 Å². The Balaban J connectivity index is 1.98. The molecule has 0 amide bonds. The molecule has 4 rings (SSSR count). The van der Waals surface area contributed by atoms with Crippen LogP contribution in [-0.2, 0) is 5.33 Å². The van der Waals surface area contributed by atoms with Crippen molar-refractivity contribution in [1.29, 1.82) is 5.26 Å². The minimum atomic E-state index is -0.0889. The quantitative estimate of drug-likeness (QED) is 0.362. The third-order valence-electron chi connectivity index (χ3n) is 4.36. The van der Waals surface area contributed by atoms with E-state index in [1.165, 1.54) is 0 Å². The van der Waals surface area contributed by atoms with Crippen LogP contribution in [0, 0.1) is 11.3 Å². The molecule has 0 saturated heterocycles. The number of aromatic nitrogens is 1. The van der Waals surface area contributed by atoms with Crippen molar-refractivity contribution < 1.29 is 4.79 Å². The first-order valence-electron chi connectivity index (χ1n) is 7.86. The smallest absolute Gasteiger partial charge is 0.209 e. The van der Waals surface area contributed by atoms with Gasteiger partial charge in [-0.25, -0.2) is 0 Å². The fourth-order valence-electron chi connectivity index (χ4n) is 3.10. The van der Waals surface area contributed by atoms with Crippen molar-refractivity contribution >= 4 is 38.1 Å². The van der Waals surface area contributed by atoms with Gasteiger partial charge in [0, 0.05) is 10.9 Å². The number of carbonyl (C=O) groups excluding carboxylic acids is 1. The normalized spacial score (nSPS) is 10.9. The Morgan fingerprint density at radius 1 is 1.00 bits per heavy atom. The van der Waals surface area contributed by atoms with Crippen LogP contribution in [0.25, 0.3) is 16.4 Å². The van der Waals surface area contributed by atoms with Gasteiger partial charge in [-0.1, -0.05) is 64.5 Å². The van der Waals surface area contributed by atoms with Gasteiger partial charge in [-0.15, -0.1) is 0 Å². The van der Waals surface area contributed by atoms with Crippen molar-refractivity contribution in [3.05, 3.63) is 89.1 Å². The zero-order valence-electron chi connectivity index (χ0n) is 13.2. The largest absolute Gasteiger partial charge is 0.305 e. The van der Waals surface area contributed by atoms with E-state index in [2.05, 4.69) is 22.0 Å². The van der Waals surface area contributed by atoms with Gasteiger partial charge in [0.2, 0.25) is 5.78 Å². The zero-order valence-corrected chi connectivity index (χ0v) is 14.8. The van der Waals surface area contributed by atoms with E-state index in [1.807, 2.05) is 65.1 Å². The Morgan fingerprint density at radius 2 is 1.76 bits per heavy atom. The maximum absolute atomic E-state index is 13.1. The van der Waals surface area contributed by atoms with Gasteiger partial charge in [-0.05, 0) is 29.1 Å². The molecule has 0 N–H and O–H groups in total. The molecule has 4 heteroatoms. The van der Waals surface area contributed by atoms with Crippen molar-refractivity contribution in [3.8, 4) is 6.07 Å². The number of hydrogen-bond donors (Lipinski definition) is 0. The van der Waals surface area contributed by atoms with E-state index in [9.17, 15) is 10.1 Å². The molecule has 0 radical (unpaired) electrons. The van der Waals surface area contributed by atoms with Crippen molar-refractivity contribution in [2.75, 3.05) is 0 Å². The lowest BCUT2D eigenvalue weighted by Gasteiger charge is -2.07. The third-order valence-corrected chi connectivity index (χ3v) is 5.01. The summed E-state index contributed by atoms with van der Waals surface area (Å²) >= 11 is 3.41. The van der Waals surface area contributed by atoms with E-state index in [1.54, 1.807) is 6.07 Å². The van der Waals surface area contributed by atoms with Gasteiger partial charge >= 0.3 is 0 Å². The van der Waals surface area contributed by atoms with Crippen LogP contribution in [0.1, 0.15) is 27.2 Å². The molecule has 0 spiro atoms. The Bertz CT molecular complexity index is 1150. The Morgan fingerprint density at radius 3 is 2.48 bits per heavy atom. The van der Waals surface area contributed by atoms with Crippen molar-refractivity contribution in [2.45, 2.75) is 5.33 Å². The number of ketones is 1. The van der Waals surface area contributed by atoms with E-state index < -0.39 is 0 Å². The fraction of sp³-hybridized carbons (Fsp3) is 0.0476. The van der Waals surface area contributed by atoms with Gasteiger partial charge in [0.15, 0.2) is 0 Å². The molecule has 0 aliphatic carbocycles. The SMILES string of the molecule is N#Cc1cc(C(=O)c2ccc(CBr)cc2)n2c1ccc1ccccc12. The van der Waals surface area contributed by atoms with Crippen LogP contribution < -0.4 is 0 Å². The molecule has 2 heterocycles. The van der Waals surface area contributed by atoms with E-state index >= 15 is 0 Å². The molecular weight excluding hydrogens is 376 g/mol. The minimum absolute atomic E-state index is 0.0889. The van der Waals surface area contributed by atoms with Crippen molar-refractivity contribution in [2.24, 2.45) is 0 Å². The highest BCUT2D eigenvalue weighted by Crippen LogP contribution is 2.25. The molecule has 0 saturated carbocycles. The molecule has 0 atom stereocenters. The van der Waals surface area contributed by atoms with Crippen molar-refractivity contribution in [3.63, 3.8) is 0 Å². The summed E-state index contributed by atoms with van der Waals surface area (Å²) in [7, 11) is 0. The minimum Gasteiger partial charge on any atom is -0.305 e. The zero-order chi connectivity index (χ0) is 17.4. The average molecular weight is 389 g/mol. The van der Waals surface area contributed by atoms with Gasteiger partial charge in [0.1, 0.15) is 6.07 Å². The van der Waals surface area contributed by atoms with E-state index in [4.69, 9.17) is 0 Å².